The number of nitrogens with zero attached hydrogens (tertiary/aromatic N) is 1. The standard InChI is InChI=1S/C16H24N2O2/c1-16(17,13-9-10-13)15(19)18(2)11-6-12-20-14-7-4-3-5-8-14/h3-5,7-8,13H,6,9-12,17H2,1-2H3. The highest BCUT2D eigenvalue weighted by atomic mass is 16.5. The summed E-state index contributed by atoms with van der Waals surface area (Å²) in [7, 11) is 1.82. The van der Waals surface area contributed by atoms with Gasteiger partial charge in [0.2, 0.25) is 5.91 Å². The summed E-state index contributed by atoms with van der Waals surface area (Å²) in [6.45, 7) is 3.13. The Balaban J connectivity index is 1.69. The lowest BCUT2D eigenvalue weighted by Crippen LogP contribution is -2.54. The third kappa shape index (κ3) is 3.73. The summed E-state index contributed by atoms with van der Waals surface area (Å²) in [6.07, 6.45) is 2.95. The van der Waals surface area contributed by atoms with E-state index in [9.17, 15) is 4.79 Å². The number of amides is 1. The van der Waals surface area contributed by atoms with Gasteiger partial charge in [0.1, 0.15) is 5.75 Å². The van der Waals surface area contributed by atoms with Crippen molar-refractivity contribution < 1.29 is 9.53 Å². The third-order valence-electron chi connectivity index (χ3n) is 3.88. The highest BCUT2D eigenvalue weighted by Gasteiger charge is 2.45. The number of hydrogen-bond acceptors (Lipinski definition) is 3. The lowest BCUT2D eigenvalue weighted by molar-refractivity contribution is -0.135. The van der Waals surface area contributed by atoms with E-state index in [-0.39, 0.29) is 5.91 Å². The van der Waals surface area contributed by atoms with E-state index in [2.05, 4.69) is 0 Å². The van der Waals surface area contributed by atoms with Crippen LogP contribution in [0, 0.1) is 5.92 Å². The first-order valence-electron chi connectivity index (χ1n) is 7.24. The minimum Gasteiger partial charge on any atom is -0.494 e. The molecule has 0 bridgehead atoms. The molecular formula is C16H24N2O2. The summed E-state index contributed by atoms with van der Waals surface area (Å²) in [5, 5.41) is 0. The molecule has 1 aromatic carbocycles. The summed E-state index contributed by atoms with van der Waals surface area (Å²) in [5.41, 5.74) is 5.44. The maximum atomic E-state index is 12.3. The van der Waals surface area contributed by atoms with Crippen LogP contribution in [0.2, 0.25) is 0 Å². The van der Waals surface area contributed by atoms with Gasteiger partial charge in [-0.2, -0.15) is 0 Å². The fourth-order valence-electron chi connectivity index (χ4n) is 2.38. The molecule has 1 unspecified atom stereocenters. The Bertz CT molecular complexity index is 441. The van der Waals surface area contributed by atoms with Crippen LogP contribution >= 0.6 is 0 Å². The topological polar surface area (TPSA) is 55.6 Å². The van der Waals surface area contributed by atoms with Crippen molar-refractivity contribution in [2.75, 3.05) is 20.2 Å². The summed E-state index contributed by atoms with van der Waals surface area (Å²) >= 11 is 0. The van der Waals surface area contributed by atoms with Crippen LogP contribution in [0.15, 0.2) is 30.3 Å². The second-order valence-electron chi connectivity index (χ2n) is 5.80. The van der Waals surface area contributed by atoms with Gasteiger partial charge in [-0.3, -0.25) is 4.79 Å². The third-order valence-corrected chi connectivity index (χ3v) is 3.88. The molecule has 1 fully saturated rings. The zero-order valence-corrected chi connectivity index (χ0v) is 12.3. The van der Waals surface area contributed by atoms with E-state index in [0.717, 1.165) is 25.0 Å². The number of benzene rings is 1. The van der Waals surface area contributed by atoms with Gasteiger partial charge in [0, 0.05) is 13.6 Å². The van der Waals surface area contributed by atoms with Gasteiger partial charge in [0.25, 0.3) is 0 Å². The van der Waals surface area contributed by atoms with Gasteiger partial charge >= 0.3 is 0 Å². The quantitative estimate of drug-likeness (QED) is 0.775. The zero-order chi connectivity index (χ0) is 14.6. The first kappa shape index (κ1) is 14.9. The lowest BCUT2D eigenvalue weighted by Gasteiger charge is -2.29. The molecule has 0 spiro atoms. The molecule has 4 nitrogen and oxygen atoms in total. The van der Waals surface area contributed by atoms with E-state index in [4.69, 9.17) is 10.5 Å². The van der Waals surface area contributed by atoms with E-state index in [1.165, 1.54) is 0 Å². The maximum Gasteiger partial charge on any atom is 0.242 e. The first-order chi connectivity index (χ1) is 9.51. The number of ether oxygens (including phenoxy) is 1. The van der Waals surface area contributed by atoms with Crippen molar-refractivity contribution >= 4 is 5.91 Å². The van der Waals surface area contributed by atoms with Crippen molar-refractivity contribution in [2.24, 2.45) is 11.7 Å². The van der Waals surface area contributed by atoms with Gasteiger partial charge in [0.15, 0.2) is 0 Å². The summed E-state index contributed by atoms with van der Waals surface area (Å²) in [6, 6.07) is 9.71. The molecule has 110 valence electrons. The average molecular weight is 276 g/mol. The molecule has 1 saturated carbocycles. The number of para-hydroxylation sites is 1. The molecule has 2 N–H and O–H groups in total. The highest BCUT2D eigenvalue weighted by Crippen LogP contribution is 2.38. The number of hydrogen-bond donors (Lipinski definition) is 1. The molecule has 0 radical (unpaired) electrons. The number of rotatable bonds is 7. The molecule has 0 heterocycles. The summed E-state index contributed by atoms with van der Waals surface area (Å²) in [4.78, 5) is 14.0. The predicted molar refractivity (Wildman–Crippen MR) is 79.5 cm³/mol. The molecule has 0 aliphatic heterocycles. The van der Waals surface area contributed by atoms with Gasteiger partial charge in [-0.05, 0) is 44.2 Å². The van der Waals surface area contributed by atoms with Crippen molar-refractivity contribution in [3.05, 3.63) is 30.3 Å². The Hall–Kier alpha value is -1.55. The Labute approximate surface area is 120 Å². The second-order valence-corrected chi connectivity index (χ2v) is 5.80. The molecule has 1 atom stereocenters. The average Bonchev–Trinajstić information content (AvgIpc) is 3.28. The Morgan fingerprint density at radius 1 is 1.40 bits per heavy atom. The van der Waals surface area contributed by atoms with E-state index in [1.807, 2.05) is 44.3 Å². The predicted octanol–water partition coefficient (Wildman–Crippen LogP) is 2.04. The van der Waals surface area contributed by atoms with E-state index < -0.39 is 5.54 Å². The second kappa shape index (κ2) is 6.27. The van der Waals surface area contributed by atoms with Crippen molar-refractivity contribution in [3.8, 4) is 5.75 Å². The van der Waals surface area contributed by atoms with Crippen LogP contribution in [-0.2, 0) is 4.79 Å². The van der Waals surface area contributed by atoms with Crippen LogP contribution in [0.4, 0.5) is 0 Å². The highest BCUT2D eigenvalue weighted by molar-refractivity contribution is 5.86. The zero-order valence-electron chi connectivity index (χ0n) is 12.3. The molecule has 4 heteroatoms. The molecule has 1 aliphatic carbocycles. The van der Waals surface area contributed by atoms with Crippen LogP contribution in [-0.4, -0.2) is 36.5 Å². The normalized spacial score (nSPS) is 17.4. The molecule has 1 amide bonds. The van der Waals surface area contributed by atoms with Crippen molar-refractivity contribution in [1.82, 2.24) is 4.90 Å². The van der Waals surface area contributed by atoms with Gasteiger partial charge in [-0.1, -0.05) is 18.2 Å². The van der Waals surface area contributed by atoms with Gasteiger partial charge in [-0.15, -0.1) is 0 Å². The molecular weight excluding hydrogens is 252 g/mol. The van der Waals surface area contributed by atoms with Crippen molar-refractivity contribution in [1.29, 1.82) is 0 Å². The lowest BCUT2D eigenvalue weighted by atomic mass is 9.95. The monoisotopic (exact) mass is 276 g/mol. The number of carbonyl (C=O) groups is 1. The van der Waals surface area contributed by atoms with Crippen LogP contribution in [0.5, 0.6) is 5.75 Å². The Kier molecular flexibility index (Phi) is 4.65. The number of nitrogens with two attached hydrogens (primary N) is 1. The first-order valence-corrected chi connectivity index (χ1v) is 7.24. The van der Waals surface area contributed by atoms with E-state index >= 15 is 0 Å². The molecule has 1 aliphatic rings. The maximum absolute atomic E-state index is 12.3. The molecule has 1 aromatic rings. The summed E-state index contributed by atoms with van der Waals surface area (Å²) < 4.78 is 5.61. The fraction of sp³-hybridized carbons (Fsp3) is 0.562. The number of carbonyl (C=O) groups excluding carboxylic acids is 1. The van der Waals surface area contributed by atoms with Gasteiger partial charge < -0.3 is 15.4 Å². The van der Waals surface area contributed by atoms with E-state index in [1.54, 1.807) is 4.90 Å². The van der Waals surface area contributed by atoms with Crippen molar-refractivity contribution in [3.63, 3.8) is 0 Å². The van der Waals surface area contributed by atoms with Crippen LogP contribution in [0.3, 0.4) is 0 Å². The van der Waals surface area contributed by atoms with Crippen LogP contribution in [0.1, 0.15) is 26.2 Å². The smallest absolute Gasteiger partial charge is 0.242 e. The van der Waals surface area contributed by atoms with Crippen LogP contribution in [0.25, 0.3) is 0 Å². The molecule has 0 aromatic heterocycles. The molecule has 20 heavy (non-hydrogen) atoms. The van der Waals surface area contributed by atoms with Gasteiger partial charge in [-0.25, -0.2) is 0 Å². The number of likely N-dealkylation sites (N-methyl/N-ethyl adjacent to an activating group) is 1. The minimum absolute atomic E-state index is 0.0414. The Morgan fingerprint density at radius 3 is 2.65 bits per heavy atom. The summed E-state index contributed by atoms with van der Waals surface area (Å²) in [5.74, 6) is 1.26. The Morgan fingerprint density at radius 2 is 2.05 bits per heavy atom. The fourth-order valence-corrected chi connectivity index (χ4v) is 2.38. The van der Waals surface area contributed by atoms with Gasteiger partial charge in [0.05, 0.1) is 12.1 Å². The van der Waals surface area contributed by atoms with Crippen molar-refractivity contribution in [2.45, 2.75) is 31.7 Å². The largest absolute Gasteiger partial charge is 0.494 e. The molecule has 0 saturated heterocycles. The molecule has 2 rings (SSSR count). The van der Waals surface area contributed by atoms with E-state index in [0.29, 0.717) is 19.1 Å². The van der Waals surface area contributed by atoms with Crippen LogP contribution < -0.4 is 10.5 Å². The minimum atomic E-state index is -0.699. The SMILES string of the molecule is CN(CCCOc1ccccc1)C(=O)C(C)(N)C1CC1.